The molecule has 3 aromatic rings. The normalized spacial score (nSPS) is 17.0. The van der Waals surface area contributed by atoms with Crippen LogP contribution >= 0.6 is 11.6 Å². The van der Waals surface area contributed by atoms with Gasteiger partial charge in [-0.05, 0) is 64.1 Å². The molecule has 1 saturated heterocycles. The summed E-state index contributed by atoms with van der Waals surface area (Å²) in [5.41, 5.74) is -0.321. The summed E-state index contributed by atoms with van der Waals surface area (Å²) >= 11 is 6.33. The molecular formula is C24H24BClO4. The molecule has 4 rings (SSSR count). The van der Waals surface area contributed by atoms with E-state index in [0.717, 1.165) is 0 Å². The van der Waals surface area contributed by atoms with Gasteiger partial charge in [-0.2, -0.15) is 0 Å². The van der Waals surface area contributed by atoms with Gasteiger partial charge in [-0.1, -0.05) is 48.0 Å². The van der Waals surface area contributed by atoms with E-state index in [-0.39, 0.29) is 0 Å². The molecule has 0 atom stereocenters. The van der Waals surface area contributed by atoms with Crippen LogP contribution in [0.2, 0.25) is 5.02 Å². The van der Waals surface area contributed by atoms with Crippen molar-refractivity contribution in [3.63, 3.8) is 0 Å². The van der Waals surface area contributed by atoms with Crippen LogP contribution in [0, 0.1) is 0 Å². The fraction of sp³-hybridized carbons (Fsp3) is 0.250. The fourth-order valence-electron chi connectivity index (χ4n) is 3.16. The molecule has 0 saturated carbocycles. The van der Waals surface area contributed by atoms with Gasteiger partial charge in [-0.15, -0.1) is 0 Å². The van der Waals surface area contributed by atoms with Crippen molar-refractivity contribution in [1.82, 2.24) is 0 Å². The monoisotopic (exact) mass is 422 g/mol. The van der Waals surface area contributed by atoms with E-state index < -0.39 is 18.3 Å². The van der Waals surface area contributed by atoms with Crippen molar-refractivity contribution in [2.45, 2.75) is 38.9 Å². The highest BCUT2D eigenvalue weighted by molar-refractivity contribution is 6.64. The Morgan fingerprint density at radius 1 is 0.667 bits per heavy atom. The standard InChI is InChI=1S/C24H24BClO4/c1-23(2)24(3,4)30-25(29-23)22-20(27-17-11-6-5-7-12-17)15-10-16-21(22)28-19-14-9-8-13-18(19)26/h5-16H,1-4H3. The van der Waals surface area contributed by atoms with Gasteiger partial charge in [0, 0.05) is 0 Å². The average molecular weight is 423 g/mol. The first kappa shape index (κ1) is 20.8. The Balaban J connectivity index is 1.78. The highest BCUT2D eigenvalue weighted by Gasteiger charge is 2.53. The third-order valence-electron chi connectivity index (χ3n) is 5.54. The van der Waals surface area contributed by atoms with Gasteiger partial charge >= 0.3 is 7.12 Å². The number of hydrogen-bond donors (Lipinski definition) is 0. The van der Waals surface area contributed by atoms with Crippen LogP contribution in [0.25, 0.3) is 0 Å². The topological polar surface area (TPSA) is 36.9 Å². The van der Waals surface area contributed by atoms with Crippen molar-refractivity contribution in [2.75, 3.05) is 0 Å². The van der Waals surface area contributed by atoms with Crippen LogP contribution in [-0.2, 0) is 9.31 Å². The lowest BCUT2D eigenvalue weighted by Crippen LogP contribution is -2.41. The first-order chi connectivity index (χ1) is 14.3. The summed E-state index contributed by atoms with van der Waals surface area (Å²) in [4.78, 5) is 0. The second-order valence-corrected chi connectivity index (χ2v) is 8.61. The van der Waals surface area contributed by atoms with Crippen molar-refractivity contribution in [3.8, 4) is 23.0 Å². The second-order valence-electron chi connectivity index (χ2n) is 8.20. The second kappa shape index (κ2) is 7.99. The van der Waals surface area contributed by atoms with Crippen molar-refractivity contribution >= 4 is 24.2 Å². The molecule has 0 radical (unpaired) electrons. The molecule has 1 heterocycles. The SMILES string of the molecule is CC1(C)OB(c2c(Oc3ccccc3)cccc2Oc2ccccc2Cl)OC1(C)C. The predicted molar refractivity (Wildman–Crippen MR) is 120 cm³/mol. The number of hydrogen-bond acceptors (Lipinski definition) is 4. The Hall–Kier alpha value is -2.47. The van der Waals surface area contributed by atoms with Crippen LogP contribution in [-0.4, -0.2) is 18.3 Å². The van der Waals surface area contributed by atoms with Crippen molar-refractivity contribution in [2.24, 2.45) is 0 Å². The van der Waals surface area contributed by atoms with E-state index in [1.165, 1.54) is 0 Å². The molecule has 4 nitrogen and oxygen atoms in total. The number of rotatable bonds is 5. The summed E-state index contributed by atoms with van der Waals surface area (Å²) in [6.45, 7) is 8.06. The van der Waals surface area contributed by atoms with Gasteiger partial charge in [0.25, 0.3) is 0 Å². The lowest BCUT2D eigenvalue weighted by atomic mass is 9.77. The molecule has 30 heavy (non-hydrogen) atoms. The highest BCUT2D eigenvalue weighted by atomic mass is 35.5. The highest BCUT2D eigenvalue weighted by Crippen LogP contribution is 2.39. The first-order valence-corrected chi connectivity index (χ1v) is 10.3. The predicted octanol–water partition coefficient (Wildman–Crippen LogP) is 6.22. The largest absolute Gasteiger partial charge is 0.502 e. The van der Waals surface area contributed by atoms with Crippen LogP contribution in [0.1, 0.15) is 27.7 Å². The Morgan fingerprint density at radius 3 is 1.83 bits per heavy atom. The maximum absolute atomic E-state index is 6.33. The number of para-hydroxylation sites is 2. The summed E-state index contributed by atoms with van der Waals surface area (Å²) in [5.74, 6) is 2.43. The average Bonchev–Trinajstić information content (AvgIpc) is 2.91. The molecule has 1 aliphatic rings. The summed E-state index contributed by atoms with van der Waals surface area (Å²) in [6.07, 6.45) is 0. The van der Waals surface area contributed by atoms with Crippen LogP contribution in [0.4, 0.5) is 0 Å². The molecular weight excluding hydrogens is 399 g/mol. The number of halogens is 1. The lowest BCUT2D eigenvalue weighted by molar-refractivity contribution is 0.00578. The molecule has 3 aromatic carbocycles. The first-order valence-electron chi connectivity index (χ1n) is 9.91. The minimum Gasteiger partial charge on any atom is -0.458 e. The summed E-state index contributed by atoms with van der Waals surface area (Å²) in [6, 6.07) is 22.6. The van der Waals surface area contributed by atoms with Crippen LogP contribution in [0.5, 0.6) is 23.0 Å². The van der Waals surface area contributed by atoms with E-state index in [4.69, 9.17) is 30.4 Å². The molecule has 154 valence electrons. The fourth-order valence-corrected chi connectivity index (χ4v) is 3.33. The summed E-state index contributed by atoms with van der Waals surface area (Å²) < 4.78 is 25.0. The molecule has 6 heteroatoms. The Kier molecular flexibility index (Phi) is 5.54. The van der Waals surface area contributed by atoms with Gasteiger partial charge < -0.3 is 18.8 Å². The molecule has 0 amide bonds. The van der Waals surface area contributed by atoms with E-state index in [1.807, 2.05) is 94.4 Å². The Labute approximate surface area is 182 Å². The number of benzene rings is 3. The third kappa shape index (κ3) is 4.06. The molecule has 0 aliphatic carbocycles. The van der Waals surface area contributed by atoms with E-state index >= 15 is 0 Å². The molecule has 1 fully saturated rings. The quantitative estimate of drug-likeness (QED) is 0.457. The zero-order chi connectivity index (χ0) is 21.4. The third-order valence-corrected chi connectivity index (χ3v) is 5.85. The molecule has 1 aliphatic heterocycles. The van der Waals surface area contributed by atoms with E-state index in [2.05, 4.69) is 0 Å². The van der Waals surface area contributed by atoms with Gasteiger partial charge in [0.15, 0.2) is 0 Å². The van der Waals surface area contributed by atoms with Gasteiger partial charge in [0.1, 0.15) is 23.0 Å². The summed E-state index contributed by atoms with van der Waals surface area (Å²) in [5, 5.41) is 0.520. The van der Waals surface area contributed by atoms with Gasteiger partial charge in [0.2, 0.25) is 0 Å². The van der Waals surface area contributed by atoms with Crippen LogP contribution < -0.4 is 14.9 Å². The molecule has 0 aromatic heterocycles. The van der Waals surface area contributed by atoms with Gasteiger partial charge in [0.05, 0.1) is 21.7 Å². The van der Waals surface area contributed by atoms with Crippen molar-refractivity contribution in [3.05, 3.63) is 77.8 Å². The van der Waals surface area contributed by atoms with E-state index in [0.29, 0.717) is 33.5 Å². The zero-order valence-corrected chi connectivity index (χ0v) is 18.3. The minimum atomic E-state index is -0.660. The number of ether oxygens (including phenoxy) is 2. The van der Waals surface area contributed by atoms with E-state index in [9.17, 15) is 0 Å². The zero-order valence-electron chi connectivity index (χ0n) is 17.5. The molecule has 0 bridgehead atoms. The Bertz CT molecular complexity index is 1020. The van der Waals surface area contributed by atoms with E-state index in [1.54, 1.807) is 6.07 Å². The lowest BCUT2D eigenvalue weighted by Gasteiger charge is -2.32. The Morgan fingerprint density at radius 2 is 1.20 bits per heavy atom. The van der Waals surface area contributed by atoms with Crippen molar-refractivity contribution < 1.29 is 18.8 Å². The maximum atomic E-state index is 6.33. The summed E-state index contributed by atoms with van der Waals surface area (Å²) in [7, 11) is -0.660. The van der Waals surface area contributed by atoms with Gasteiger partial charge in [-0.3, -0.25) is 0 Å². The van der Waals surface area contributed by atoms with Crippen LogP contribution in [0.15, 0.2) is 72.8 Å². The van der Waals surface area contributed by atoms with Gasteiger partial charge in [-0.25, -0.2) is 0 Å². The molecule has 0 spiro atoms. The maximum Gasteiger partial charge on any atom is 0.502 e. The smallest absolute Gasteiger partial charge is 0.458 e. The van der Waals surface area contributed by atoms with Crippen molar-refractivity contribution in [1.29, 1.82) is 0 Å². The van der Waals surface area contributed by atoms with Crippen LogP contribution in [0.3, 0.4) is 0 Å². The molecule has 0 N–H and O–H groups in total. The minimum absolute atomic E-state index is 0.501. The molecule has 0 unspecified atom stereocenters.